The minimum absolute atomic E-state index is 0.807. The van der Waals surface area contributed by atoms with Crippen LogP contribution in [0.1, 0.15) is 33.6 Å². The van der Waals surface area contributed by atoms with Crippen molar-refractivity contribution in [1.82, 2.24) is 5.32 Å². The highest BCUT2D eigenvalue weighted by Gasteiger charge is 1.96. The van der Waals surface area contributed by atoms with Gasteiger partial charge in [0, 0.05) is 6.54 Å². The number of allylic oxidation sites excluding steroid dienone is 1. The Morgan fingerprint density at radius 3 is 2.70 bits per heavy atom. The molecule has 1 unspecified atom stereocenters. The molecule has 0 aromatic carbocycles. The molecule has 0 aromatic rings. The molecule has 0 spiro atoms. The summed E-state index contributed by atoms with van der Waals surface area (Å²) in [6.45, 7) is 7.64. The van der Waals surface area contributed by atoms with Gasteiger partial charge in [0.05, 0.1) is 0 Å². The molecule has 0 fully saturated rings. The maximum atomic E-state index is 3.24. The Labute approximate surface area is 64.5 Å². The monoisotopic (exact) mass is 141 g/mol. The summed E-state index contributed by atoms with van der Waals surface area (Å²) < 4.78 is 0. The van der Waals surface area contributed by atoms with Crippen molar-refractivity contribution in [1.29, 1.82) is 0 Å². The van der Waals surface area contributed by atoms with Crippen LogP contribution in [-0.4, -0.2) is 6.54 Å². The largest absolute Gasteiger partial charge is 0.391 e. The van der Waals surface area contributed by atoms with Crippen LogP contribution in [0.25, 0.3) is 0 Å². The first kappa shape index (κ1) is 9.54. The van der Waals surface area contributed by atoms with E-state index in [1.165, 1.54) is 12.8 Å². The van der Waals surface area contributed by atoms with Crippen LogP contribution in [0.15, 0.2) is 12.3 Å². The van der Waals surface area contributed by atoms with Gasteiger partial charge in [-0.2, -0.15) is 0 Å². The van der Waals surface area contributed by atoms with Gasteiger partial charge in [-0.25, -0.2) is 0 Å². The summed E-state index contributed by atoms with van der Waals surface area (Å²) in [6.07, 6.45) is 6.65. The molecule has 0 bridgehead atoms. The lowest BCUT2D eigenvalue weighted by Gasteiger charge is -2.08. The van der Waals surface area contributed by atoms with Crippen LogP contribution in [-0.2, 0) is 0 Å². The van der Waals surface area contributed by atoms with Crippen molar-refractivity contribution in [2.24, 2.45) is 5.92 Å². The molecule has 1 nitrogen and oxygen atoms in total. The molecule has 0 aromatic heterocycles. The Morgan fingerprint density at radius 2 is 2.20 bits per heavy atom. The summed E-state index contributed by atoms with van der Waals surface area (Å²) in [5, 5.41) is 3.24. The molecule has 0 rings (SSSR count). The molecular formula is C9H19N. The maximum absolute atomic E-state index is 3.24. The van der Waals surface area contributed by atoms with Gasteiger partial charge in [0.15, 0.2) is 0 Å². The molecule has 60 valence electrons. The molecule has 0 heterocycles. The fourth-order valence-corrected chi connectivity index (χ4v) is 0.982. The van der Waals surface area contributed by atoms with Crippen LogP contribution in [0.5, 0.6) is 0 Å². The van der Waals surface area contributed by atoms with E-state index in [2.05, 4.69) is 19.2 Å². The minimum atomic E-state index is 0.807. The summed E-state index contributed by atoms with van der Waals surface area (Å²) in [5.74, 6) is 0.807. The van der Waals surface area contributed by atoms with Crippen molar-refractivity contribution in [3.05, 3.63) is 12.3 Å². The van der Waals surface area contributed by atoms with Crippen molar-refractivity contribution < 1.29 is 0 Å². The Hall–Kier alpha value is -0.460. The predicted molar refractivity (Wildman–Crippen MR) is 46.9 cm³/mol. The highest BCUT2D eigenvalue weighted by molar-refractivity contribution is 4.74. The van der Waals surface area contributed by atoms with Crippen LogP contribution >= 0.6 is 0 Å². The fourth-order valence-electron chi connectivity index (χ4n) is 0.982. The lowest BCUT2D eigenvalue weighted by molar-refractivity contribution is 0.507. The SMILES string of the molecule is C/C=C\NCC(C)CCC. The van der Waals surface area contributed by atoms with E-state index in [9.17, 15) is 0 Å². The second-order valence-corrected chi connectivity index (χ2v) is 2.80. The highest BCUT2D eigenvalue weighted by atomic mass is 14.8. The quantitative estimate of drug-likeness (QED) is 0.620. The molecule has 0 saturated carbocycles. The Kier molecular flexibility index (Phi) is 6.35. The van der Waals surface area contributed by atoms with E-state index in [0.29, 0.717) is 0 Å². The lowest BCUT2D eigenvalue weighted by atomic mass is 10.1. The van der Waals surface area contributed by atoms with Gasteiger partial charge in [-0.15, -0.1) is 0 Å². The van der Waals surface area contributed by atoms with E-state index in [-0.39, 0.29) is 0 Å². The second kappa shape index (κ2) is 6.66. The van der Waals surface area contributed by atoms with Gasteiger partial charge in [0.25, 0.3) is 0 Å². The van der Waals surface area contributed by atoms with Crippen molar-refractivity contribution >= 4 is 0 Å². The van der Waals surface area contributed by atoms with Crippen molar-refractivity contribution in [2.75, 3.05) is 6.54 Å². The van der Waals surface area contributed by atoms with E-state index in [1.807, 2.05) is 19.2 Å². The van der Waals surface area contributed by atoms with Gasteiger partial charge in [-0.3, -0.25) is 0 Å². The Balaban J connectivity index is 3.12. The number of rotatable bonds is 5. The molecule has 0 saturated heterocycles. The summed E-state index contributed by atoms with van der Waals surface area (Å²) >= 11 is 0. The standard InChI is InChI=1S/C9H19N/c1-4-6-9(3)8-10-7-5-2/h5,7,9-10H,4,6,8H2,1-3H3/b7-5-. The third-order valence-corrected chi connectivity index (χ3v) is 1.53. The minimum Gasteiger partial charge on any atom is -0.391 e. The van der Waals surface area contributed by atoms with Gasteiger partial charge >= 0.3 is 0 Å². The second-order valence-electron chi connectivity index (χ2n) is 2.80. The van der Waals surface area contributed by atoms with E-state index >= 15 is 0 Å². The first-order valence-corrected chi connectivity index (χ1v) is 4.15. The summed E-state index contributed by atoms with van der Waals surface area (Å²) in [7, 11) is 0. The van der Waals surface area contributed by atoms with Gasteiger partial charge in [0.1, 0.15) is 0 Å². The average Bonchev–Trinajstić information content (AvgIpc) is 1.89. The molecular weight excluding hydrogens is 122 g/mol. The predicted octanol–water partition coefficient (Wildman–Crippen LogP) is 2.55. The molecule has 1 N–H and O–H groups in total. The molecule has 0 aliphatic carbocycles. The van der Waals surface area contributed by atoms with Crippen LogP contribution in [0.2, 0.25) is 0 Å². The molecule has 0 amide bonds. The average molecular weight is 141 g/mol. The Morgan fingerprint density at radius 1 is 1.50 bits per heavy atom. The highest BCUT2D eigenvalue weighted by Crippen LogP contribution is 2.02. The van der Waals surface area contributed by atoms with Crippen LogP contribution in [0, 0.1) is 5.92 Å². The zero-order chi connectivity index (χ0) is 7.82. The maximum Gasteiger partial charge on any atom is 0.0167 e. The first-order chi connectivity index (χ1) is 4.81. The summed E-state index contributed by atoms with van der Waals surface area (Å²) in [6, 6.07) is 0. The number of nitrogens with one attached hydrogen (secondary N) is 1. The third kappa shape index (κ3) is 5.67. The smallest absolute Gasteiger partial charge is 0.0167 e. The van der Waals surface area contributed by atoms with E-state index in [0.717, 1.165) is 12.5 Å². The van der Waals surface area contributed by atoms with Crippen molar-refractivity contribution in [2.45, 2.75) is 33.6 Å². The van der Waals surface area contributed by atoms with Crippen LogP contribution in [0.3, 0.4) is 0 Å². The molecule has 1 atom stereocenters. The molecule has 0 aliphatic heterocycles. The summed E-state index contributed by atoms with van der Waals surface area (Å²) in [4.78, 5) is 0. The number of hydrogen-bond acceptors (Lipinski definition) is 1. The van der Waals surface area contributed by atoms with Gasteiger partial charge in [-0.1, -0.05) is 26.3 Å². The molecule has 1 heteroatoms. The van der Waals surface area contributed by atoms with Gasteiger partial charge < -0.3 is 5.32 Å². The van der Waals surface area contributed by atoms with E-state index < -0.39 is 0 Å². The van der Waals surface area contributed by atoms with Gasteiger partial charge in [0.2, 0.25) is 0 Å². The summed E-state index contributed by atoms with van der Waals surface area (Å²) in [5.41, 5.74) is 0. The first-order valence-electron chi connectivity index (χ1n) is 4.15. The number of hydrogen-bond donors (Lipinski definition) is 1. The van der Waals surface area contributed by atoms with E-state index in [4.69, 9.17) is 0 Å². The van der Waals surface area contributed by atoms with Crippen molar-refractivity contribution in [3.63, 3.8) is 0 Å². The molecule has 10 heavy (non-hydrogen) atoms. The third-order valence-electron chi connectivity index (χ3n) is 1.53. The fraction of sp³-hybridized carbons (Fsp3) is 0.778. The van der Waals surface area contributed by atoms with E-state index in [1.54, 1.807) is 0 Å². The van der Waals surface area contributed by atoms with Gasteiger partial charge in [-0.05, 0) is 25.5 Å². The zero-order valence-corrected chi connectivity index (χ0v) is 7.35. The van der Waals surface area contributed by atoms with Crippen LogP contribution < -0.4 is 5.32 Å². The zero-order valence-electron chi connectivity index (χ0n) is 7.35. The molecule has 0 aliphatic rings. The van der Waals surface area contributed by atoms with Crippen LogP contribution in [0.4, 0.5) is 0 Å². The van der Waals surface area contributed by atoms with Crippen molar-refractivity contribution in [3.8, 4) is 0 Å². The Bertz CT molecular complexity index is 86.7. The normalized spacial score (nSPS) is 13.9. The molecule has 0 radical (unpaired) electrons. The lowest BCUT2D eigenvalue weighted by Crippen LogP contribution is -2.14. The topological polar surface area (TPSA) is 12.0 Å².